The van der Waals surface area contributed by atoms with Crippen molar-refractivity contribution in [1.29, 1.82) is 0 Å². The molecule has 4 amide bonds. The summed E-state index contributed by atoms with van der Waals surface area (Å²) in [5.74, 6) is 0.477. The average molecular weight is 475 g/mol. The van der Waals surface area contributed by atoms with Gasteiger partial charge in [0.05, 0.1) is 6.67 Å². The number of hydrogen-bond acceptors (Lipinski definition) is 4. The van der Waals surface area contributed by atoms with Gasteiger partial charge in [-0.2, -0.15) is 0 Å². The first-order valence-electron chi connectivity index (χ1n) is 12.1. The van der Waals surface area contributed by atoms with E-state index >= 15 is 0 Å². The smallest absolute Gasteiger partial charge is 0.326 e. The number of halogens is 1. The molecule has 0 radical (unpaired) electrons. The fourth-order valence-electron chi connectivity index (χ4n) is 5.39. The lowest BCUT2D eigenvalue weighted by Crippen LogP contribution is -2.53. The second kappa shape index (κ2) is 9.26. The van der Waals surface area contributed by atoms with Crippen molar-refractivity contribution in [2.45, 2.75) is 58.4 Å². The van der Waals surface area contributed by atoms with Crippen LogP contribution >= 0.6 is 11.6 Å². The Balaban J connectivity index is 1.31. The van der Waals surface area contributed by atoms with Crippen molar-refractivity contribution < 1.29 is 14.4 Å². The molecule has 180 valence electrons. The van der Waals surface area contributed by atoms with Crippen LogP contribution in [0.4, 0.5) is 4.79 Å². The van der Waals surface area contributed by atoms with Crippen molar-refractivity contribution in [2.24, 2.45) is 11.3 Å². The van der Waals surface area contributed by atoms with E-state index in [1.165, 1.54) is 4.90 Å². The number of carbonyl (C=O) groups is 3. The van der Waals surface area contributed by atoms with Crippen LogP contribution in [0.5, 0.6) is 0 Å². The van der Waals surface area contributed by atoms with E-state index in [2.05, 4.69) is 31.0 Å². The van der Waals surface area contributed by atoms with Crippen LogP contribution < -0.4 is 5.32 Å². The van der Waals surface area contributed by atoms with Crippen molar-refractivity contribution in [2.75, 3.05) is 32.8 Å². The zero-order valence-corrected chi connectivity index (χ0v) is 20.7. The molecule has 1 aromatic carbocycles. The number of nitrogens with zero attached hydrogens (tertiary/aromatic N) is 3. The van der Waals surface area contributed by atoms with Crippen molar-refractivity contribution in [3.63, 3.8) is 0 Å². The largest absolute Gasteiger partial charge is 0.336 e. The van der Waals surface area contributed by atoms with Gasteiger partial charge >= 0.3 is 6.03 Å². The van der Waals surface area contributed by atoms with Crippen LogP contribution in [0.25, 0.3) is 0 Å². The van der Waals surface area contributed by atoms with Gasteiger partial charge in [0.15, 0.2) is 0 Å². The molecule has 8 heteroatoms. The summed E-state index contributed by atoms with van der Waals surface area (Å²) in [6.07, 6.45) is 4.47. The summed E-state index contributed by atoms with van der Waals surface area (Å²) in [5.41, 5.74) is 0.144. The number of nitrogens with one attached hydrogen (secondary N) is 1. The Kier molecular flexibility index (Phi) is 6.74. The number of urea groups is 1. The van der Waals surface area contributed by atoms with Gasteiger partial charge in [0.25, 0.3) is 11.8 Å². The molecule has 0 aromatic heterocycles. The van der Waals surface area contributed by atoms with Gasteiger partial charge in [0.1, 0.15) is 5.54 Å². The lowest BCUT2D eigenvalue weighted by atomic mass is 9.65. The molecule has 2 saturated heterocycles. The van der Waals surface area contributed by atoms with Gasteiger partial charge in [0, 0.05) is 36.8 Å². The molecule has 2 heterocycles. The molecule has 1 N–H and O–H groups in total. The minimum atomic E-state index is -0.732. The second-order valence-corrected chi connectivity index (χ2v) is 10.9. The highest BCUT2D eigenvalue weighted by molar-refractivity contribution is 6.30. The van der Waals surface area contributed by atoms with E-state index in [-0.39, 0.29) is 29.9 Å². The van der Waals surface area contributed by atoms with Crippen LogP contribution in [0.3, 0.4) is 0 Å². The summed E-state index contributed by atoms with van der Waals surface area (Å²) in [7, 11) is 0. The highest BCUT2D eigenvalue weighted by Gasteiger charge is 2.53. The topological polar surface area (TPSA) is 73.0 Å². The summed E-state index contributed by atoms with van der Waals surface area (Å²) in [4.78, 5) is 44.0. The summed E-state index contributed by atoms with van der Waals surface area (Å²) in [5, 5.41) is 3.64. The molecule has 33 heavy (non-hydrogen) atoms. The van der Waals surface area contributed by atoms with Crippen LogP contribution in [0.1, 0.15) is 63.2 Å². The van der Waals surface area contributed by atoms with E-state index < -0.39 is 5.54 Å². The third-order valence-corrected chi connectivity index (χ3v) is 8.45. The predicted molar refractivity (Wildman–Crippen MR) is 128 cm³/mol. The number of piperazine rings is 1. The molecule has 0 atom stereocenters. The number of benzene rings is 1. The van der Waals surface area contributed by atoms with E-state index in [4.69, 9.17) is 11.6 Å². The molecule has 0 unspecified atom stereocenters. The number of hydrogen-bond donors (Lipinski definition) is 1. The molecule has 3 aliphatic rings. The van der Waals surface area contributed by atoms with E-state index in [1.807, 2.05) is 4.90 Å². The first kappa shape index (κ1) is 24.0. The van der Waals surface area contributed by atoms with Gasteiger partial charge in [-0.05, 0) is 61.3 Å². The number of rotatable bonds is 5. The maximum atomic E-state index is 13.3. The van der Waals surface area contributed by atoms with Gasteiger partial charge in [-0.25, -0.2) is 9.69 Å². The molecule has 4 rings (SSSR count). The first-order chi connectivity index (χ1) is 15.6. The van der Waals surface area contributed by atoms with E-state index in [9.17, 15) is 14.4 Å². The average Bonchev–Trinajstić information content (AvgIpc) is 3.03. The van der Waals surface area contributed by atoms with Crippen molar-refractivity contribution in [1.82, 2.24) is 20.0 Å². The molecule has 0 bridgehead atoms. The summed E-state index contributed by atoms with van der Waals surface area (Å²) in [6.45, 7) is 9.46. The van der Waals surface area contributed by atoms with Crippen LogP contribution in [0, 0.1) is 11.3 Å². The lowest BCUT2D eigenvalue weighted by molar-refractivity contribution is -0.134. The van der Waals surface area contributed by atoms with Gasteiger partial charge in [-0.1, -0.05) is 38.8 Å². The predicted octanol–water partition coefficient (Wildman–Crippen LogP) is 3.97. The van der Waals surface area contributed by atoms with Crippen LogP contribution in [0.15, 0.2) is 24.3 Å². The van der Waals surface area contributed by atoms with Gasteiger partial charge in [-0.15, -0.1) is 0 Å². The van der Waals surface area contributed by atoms with Crippen molar-refractivity contribution >= 4 is 29.4 Å². The van der Waals surface area contributed by atoms with Crippen LogP contribution in [0.2, 0.25) is 5.02 Å². The van der Waals surface area contributed by atoms with E-state index in [1.54, 1.807) is 24.3 Å². The monoisotopic (exact) mass is 474 g/mol. The zero-order valence-electron chi connectivity index (χ0n) is 19.9. The Morgan fingerprint density at radius 2 is 1.70 bits per heavy atom. The highest BCUT2D eigenvalue weighted by Crippen LogP contribution is 2.45. The van der Waals surface area contributed by atoms with E-state index in [0.29, 0.717) is 55.5 Å². The van der Waals surface area contributed by atoms with Gasteiger partial charge < -0.3 is 10.2 Å². The zero-order chi connectivity index (χ0) is 23.8. The maximum Gasteiger partial charge on any atom is 0.326 e. The highest BCUT2D eigenvalue weighted by atomic mass is 35.5. The normalized spacial score (nSPS) is 26.7. The Bertz CT molecular complexity index is 901. The molecule has 1 aliphatic carbocycles. The molecule has 3 fully saturated rings. The second-order valence-electron chi connectivity index (χ2n) is 10.4. The molecular formula is C25H35ClN4O3. The van der Waals surface area contributed by atoms with Crippen molar-refractivity contribution in [3.05, 3.63) is 34.9 Å². The van der Waals surface area contributed by atoms with Crippen molar-refractivity contribution in [3.8, 4) is 0 Å². The maximum absolute atomic E-state index is 13.3. The fraction of sp³-hybridized carbons (Fsp3) is 0.640. The SMILES string of the molecule is CCC(C)(C)C1CCC2(CC1)NC(=O)N(CN1CCN(C(=O)c3ccc(Cl)cc3)CC1)C2=O. The Morgan fingerprint density at radius 1 is 1.09 bits per heavy atom. The minimum absolute atomic E-state index is 0.0213. The Hall–Kier alpha value is -2.12. The Labute approximate surface area is 201 Å². The third kappa shape index (κ3) is 4.76. The Morgan fingerprint density at radius 3 is 2.27 bits per heavy atom. The van der Waals surface area contributed by atoms with Gasteiger partial charge in [-0.3, -0.25) is 14.5 Å². The third-order valence-electron chi connectivity index (χ3n) is 8.19. The number of carbonyl (C=O) groups excluding carboxylic acids is 3. The quantitative estimate of drug-likeness (QED) is 0.655. The summed E-state index contributed by atoms with van der Waals surface area (Å²) in [6, 6.07) is 6.62. The molecule has 2 aliphatic heterocycles. The molecule has 1 aromatic rings. The summed E-state index contributed by atoms with van der Waals surface area (Å²) >= 11 is 5.92. The van der Waals surface area contributed by atoms with Gasteiger partial charge in [0.2, 0.25) is 0 Å². The lowest BCUT2D eigenvalue weighted by Gasteiger charge is -2.42. The van der Waals surface area contributed by atoms with Crippen LogP contribution in [-0.4, -0.2) is 70.9 Å². The molecule has 1 saturated carbocycles. The molecule has 1 spiro atoms. The minimum Gasteiger partial charge on any atom is -0.336 e. The molecule has 7 nitrogen and oxygen atoms in total. The summed E-state index contributed by atoms with van der Waals surface area (Å²) < 4.78 is 0. The van der Waals surface area contributed by atoms with E-state index in [0.717, 1.165) is 19.3 Å². The standard InChI is InChI=1S/C25H35ClN4O3/c1-4-24(2,3)19-9-11-25(12-10-19)22(32)30(23(33)27-25)17-28-13-15-29(16-14-28)21(31)18-5-7-20(26)8-6-18/h5-8,19H,4,9-17H2,1-3H3,(H,27,33). The molecular weight excluding hydrogens is 440 g/mol. The fourth-order valence-corrected chi connectivity index (χ4v) is 5.52. The first-order valence-corrected chi connectivity index (χ1v) is 12.4. The number of imide groups is 1. The number of amides is 4. The van der Waals surface area contributed by atoms with Crippen LogP contribution in [-0.2, 0) is 4.79 Å².